The summed E-state index contributed by atoms with van der Waals surface area (Å²) < 4.78 is 19.1. The molecule has 1 heterocycles. The molecule has 1 aromatic rings. The summed E-state index contributed by atoms with van der Waals surface area (Å²) in [6, 6.07) is 7.17. The Bertz CT molecular complexity index is 370. The Balaban J connectivity index is 2.04. The molecule has 0 amide bonds. The van der Waals surface area contributed by atoms with E-state index in [2.05, 4.69) is 0 Å². The monoisotopic (exact) mass is 256 g/mol. The highest BCUT2D eigenvalue weighted by molar-refractivity contribution is 8.24. The van der Waals surface area contributed by atoms with E-state index in [4.69, 9.17) is 10.0 Å². The van der Waals surface area contributed by atoms with Crippen LogP contribution in [0.2, 0.25) is 0 Å². The van der Waals surface area contributed by atoms with E-state index in [1.807, 2.05) is 12.1 Å². The van der Waals surface area contributed by atoms with Gasteiger partial charge in [-0.2, -0.15) is 10.6 Å². The van der Waals surface area contributed by atoms with Crippen LogP contribution >= 0.6 is 10.6 Å². The zero-order valence-electron chi connectivity index (χ0n) is 9.49. The summed E-state index contributed by atoms with van der Waals surface area (Å²) in [5.74, 6) is 1.30. The van der Waals surface area contributed by atoms with Crippen LogP contribution in [0.4, 0.5) is 0 Å². The van der Waals surface area contributed by atoms with E-state index in [1.165, 1.54) is 0 Å². The lowest BCUT2D eigenvalue weighted by Crippen LogP contribution is -2.29. The third kappa shape index (κ3) is 3.23. The van der Waals surface area contributed by atoms with Gasteiger partial charge in [0, 0.05) is 11.5 Å². The van der Waals surface area contributed by atoms with E-state index in [1.54, 1.807) is 12.1 Å². The van der Waals surface area contributed by atoms with Crippen LogP contribution in [0.3, 0.4) is 0 Å². The van der Waals surface area contributed by atoms with Gasteiger partial charge in [-0.1, -0.05) is 24.3 Å². The smallest absolute Gasteiger partial charge is 0.423 e. The van der Waals surface area contributed by atoms with Crippen molar-refractivity contribution in [3.8, 4) is 0 Å². The van der Waals surface area contributed by atoms with Gasteiger partial charge in [0.05, 0.1) is 0 Å². The summed E-state index contributed by atoms with van der Waals surface area (Å²) in [6.45, 7) is 0. The van der Waals surface area contributed by atoms with Crippen LogP contribution in [0, 0.1) is 0 Å². The highest BCUT2D eigenvalue weighted by Gasteiger charge is 2.25. The van der Waals surface area contributed by atoms with E-state index in [0.29, 0.717) is 22.9 Å². The van der Waals surface area contributed by atoms with Gasteiger partial charge in [-0.15, -0.1) is 0 Å². The predicted octanol–water partition coefficient (Wildman–Crippen LogP) is 0.994. The van der Waals surface area contributed by atoms with Gasteiger partial charge in [0.2, 0.25) is 0 Å². The first-order chi connectivity index (χ1) is 7.98. The van der Waals surface area contributed by atoms with Gasteiger partial charge in [0.25, 0.3) is 0 Å². The second kappa shape index (κ2) is 5.00. The van der Waals surface area contributed by atoms with Crippen molar-refractivity contribution in [1.29, 1.82) is 0 Å². The van der Waals surface area contributed by atoms with E-state index >= 15 is 0 Å². The van der Waals surface area contributed by atoms with Crippen molar-refractivity contribution in [2.75, 3.05) is 11.5 Å². The van der Waals surface area contributed by atoms with Crippen molar-refractivity contribution in [3.05, 3.63) is 29.8 Å². The summed E-state index contributed by atoms with van der Waals surface area (Å²) >= 11 is 0. The molecule has 0 bridgehead atoms. The molecule has 0 aromatic heterocycles. The Kier molecular flexibility index (Phi) is 3.80. The summed E-state index contributed by atoms with van der Waals surface area (Å²) in [5, 5.41) is 18.0. The fourth-order valence-corrected chi connectivity index (χ4v) is 3.71. The highest BCUT2D eigenvalue weighted by atomic mass is 32.3. The number of hydrogen-bond acceptors (Lipinski definition) is 4. The molecule has 94 valence electrons. The molecule has 0 atom stereocenters. The lowest BCUT2D eigenvalue weighted by molar-refractivity contribution is 0.425. The van der Waals surface area contributed by atoms with Gasteiger partial charge < -0.3 is 10.0 Å². The molecular formula is C11H17BO4S. The standard InChI is InChI=1S/C11H17BO4S/c13-12(14)11-3-1-9(2-4-11)10-5-7-17(15,16)8-6-10/h1-4,10,13-16H,5-8H2. The topological polar surface area (TPSA) is 80.9 Å². The van der Waals surface area contributed by atoms with Crippen molar-refractivity contribution in [2.45, 2.75) is 18.8 Å². The van der Waals surface area contributed by atoms with Gasteiger partial charge in [-0.25, -0.2) is 0 Å². The minimum Gasteiger partial charge on any atom is -0.423 e. The van der Waals surface area contributed by atoms with E-state index in [0.717, 1.165) is 18.4 Å². The number of rotatable bonds is 2. The predicted molar refractivity (Wildman–Crippen MR) is 70.8 cm³/mol. The summed E-state index contributed by atoms with van der Waals surface area (Å²) in [4.78, 5) is 0. The van der Waals surface area contributed by atoms with Gasteiger partial charge in [0.1, 0.15) is 0 Å². The van der Waals surface area contributed by atoms with Crippen LogP contribution in [-0.4, -0.2) is 37.8 Å². The van der Waals surface area contributed by atoms with Gasteiger partial charge >= 0.3 is 7.12 Å². The van der Waals surface area contributed by atoms with Crippen molar-refractivity contribution >= 4 is 23.2 Å². The summed E-state index contributed by atoms with van der Waals surface area (Å²) in [6.07, 6.45) is 1.56. The van der Waals surface area contributed by atoms with E-state index in [-0.39, 0.29) is 0 Å². The molecule has 0 radical (unpaired) electrons. The molecule has 17 heavy (non-hydrogen) atoms. The van der Waals surface area contributed by atoms with Crippen LogP contribution < -0.4 is 5.46 Å². The Morgan fingerprint density at radius 2 is 1.53 bits per heavy atom. The largest absolute Gasteiger partial charge is 0.488 e. The molecule has 6 heteroatoms. The highest BCUT2D eigenvalue weighted by Crippen LogP contribution is 2.48. The fraction of sp³-hybridized carbons (Fsp3) is 0.455. The number of hydrogen-bond donors (Lipinski definition) is 4. The van der Waals surface area contributed by atoms with E-state index < -0.39 is 17.7 Å². The molecule has 0 aliphatic carbocycles. The minimum absolute atomic E-state index is 0.347. The van der Waals surface area contributed by atoms with E-state index in [9.17, 15) is 9.11 Å². The minimum atomic E-state index is -2.33. The molecule has 0 spiro atoms. The van der Waals surface area contributed by atoms with Crippen LogP contribution in [0.1, 0.15) is 24.3 Å². The Labute approximate surface area is 103 Å². The van der Waals surface area contributed by atoms with Crippen LogP contribution in [0.25, 0.3) is 0 Å². The van der Waals surface area contributed by atoms with Crippen molar-refractivity contribution in [1.82, 2.24) is 0 Å². The van der Waals surface area contributed by atoms with Gasteiger partial charge in [0.15, 0.2) is 0 Å². The average Bonchev–Trinajstić information content (AvgIpc) is 2.29. The molecule has 1 saturated heterocycles. The molecule has 0 saturated carbocycles. The zero-order chi connectivity index (χ0) is 12.5. The maximum absolute atomic E-state index is 9.53. The molecule has 4 nitrogen and oxygen atoms in total. The normalized spacial score (nSPS) is 22.1. The fourth-order valence-electron chi connectivity index (χ4n) is 2.18. The van der Waals surface area contributed by atoms with Gasteiger partial charge in [-0.05, 0) is 29.8 Å². The maximum atomic E-state index is 9.53. The summed E-state index contributed by atoms with van der Waals surface area (Å²) in [7, 11) is -3.75. The zero-order valence-corrected chi connectivity index (χ0v) is 10.3. The van der Waals surface area contributed by atoms with Gasteiger partial charge in [-0.3, -0.25) is 9.11 Å². The Hall–Kier alpha value is -0.525. The SMILES string of the molecule is OB(O)c1ccc(C2CCS(O)(O)CC2)cc1. The maximum Gasteiger partial charge on any atom is 0.488 e. The quantitative estimate of drug-likeness (QED) is 0.595. The molecule has 0 unspecified atom stereocenters. The van der Waals surface area contributed by atoms with Crippen molar-refractivity contribution in [2.24, 2.45) is 0 Å². The molecule has 1 fully saturated rings. The first-order valence-electron chi connectivity index (χ1n) is 5.67. The Morgan fingerprint density at radius 3 is 2.00 bits per heavy atom. The lowest BCUT2D eigenvalue weighted by Gasteiger charge is -2.39. The third-order valence-corrected chi connectivity index (χ3v) is 5.07. The molecular weight excluding hydrogens is 239 g/mol. The summed E-state index contributed by atoms with van der Waals surface area (Å²) in [5.41, 5.74) is 1.61. The Morgan fingerprint density at radius 1 is 1.00 bits per heavy atom. The first-order valence-corrected chi connectivity index (χ1v) is 7.56. The molecule has 1 aliphatic heterocycles. The first kappa shape index (κ1) is 12.9. The van der Waals surface area contributed by atoms with Crippen molar-refractivity contribution < 1.29 is 19.2 Å². The van der Waals surface area contributed by atoms with Crippen molar-refractivity contribution in [3.63, 3.8) is 0 Å². The second-order valence-corrected chi connectivity index (χ2v) is 6.95. The van der Waals surface area contributed by atoms with Crippen LogP contribution in [0.15, 0.2) is 24.3 Å². The second-order valence-electron chi connectivity index (χ2n) is 4.53. The average molecular weight is 256 g/mol. The van der Waals surface area contributed by atoms with Crippen LogP contribution in [0.5, 0.6) is 0 Å². The molecule has 1 aliphatic rings. The third-order valence-electron chi connectivity index (χ3n) is 3.29. The lowest BCUT2D eigenvalue weighted by atomic mass is 9.79. The molecule has 2 rings (SSSR count). The molecule has 4 N–H and O–H groups in total. The van der Waals surface area contributed by atoms with Crippen LogP contribution in [-0.2, 0) is 0 Å². The molecule has 1 aromatic carbocycles. The number of benzene rings is 1.